The summed E-state index contributed by atoms with van der Waals surface area (Å²) in [6.45, 7) is 10.9. The normalized spacial score (nSPS) is 13.5. The summed E-state index contributed by atoms with van der Waals surface area (Å²) < 4.78 is 17.7. The summed E-state index contributed by atoms with van der Waals surface area (Å²) in [7, 11) is 0. The molecule has 0 bridgehead atoms. The van der Waals surface area contributed by atoms with Crippen LogP contribution in [-0.2, 0) is 17.9 Å². The maximum Gasteiger partial charge on any atom is 0.246 e. The van der Waals surface area contributed by atoms with Crippen LogP contribution in [0.2, 0.25) is 5.02 Å². The van der Waals surface area contributed by atoms with E-state index >= 15 is 0 Å². The van der Waals surface area contributed by atoms with Gasteiger partial charge >= 0.3 is 0 Å². The molecule has 0 spiro atoms. The summed E-state index contributed by atoms with van der Waals surface area (Å²) in [5.41, 5.74) is 7.57. The van der Waals surface area contributed by atoms with Gasteiger partial charge in [-0.25, -0.2) is 4.98 Å². The molecule has 6 rings (SSSR count). The SMILES string of the molecule is Cc1ccc(COc2ccc(Oc3c(C)cc(/C=C/C(=O)N4CCN(Cc5ccc(/C=C/COc6ccc(C)cc6)cc5)CC4)cc3Cl)nc2)cc1. The molecule has 1 fully saturated rings. The molecule has 0 aliphatic carbocycles. The van der Waals surface area contributed by atoms with Gasteiger partial charge in [-0.1, -0.05) is 89.5 Å². The van der Waals surface area contributed by atoms with Crippen molar-refractivity contribution in [2.75, 3.05) is 32.8 Å². The second-order valence-corrected chi connectivity index (χ2v) is 13.5. The Balaban J connectivity index is 0.930. The van der Waals surface area contributed by atoms with Crippen LogP contribution in [0.5, 0.6) is 23.1 Å². The Hall–Kier alpha value is -5.37. The zero-order valence-electron chi connectivity index (χ0n) is 29.9. The monoisotopic (exact) mass is 713 g/mol. The van der Waals surface area contributed by atoms with Crippen LogP contribution in [0.15, 0.2) is 115 Å². The van der Waals surface area contributed by atoms with Gasteiger partial charge in [0.25, 0.3) is 0 Å². The van der Waals surface area contributed by atoms with E-state index in [1.54, 1.807) is 30.5 Å². The summed E-state index contributed by atoms with van der Waals surface area (Å²) in [6, 6.07) is 32.2. The van der Waals surface area contributed by atoms with Gasteiger partial charge in [0.1, 0.15) is 24.7 Å². The number of carbonyl (C=O) groups excluding carboxylic acids is 1. The van der Waals surface area contributed by atoms with Crippen molar-refractivity contribution in [2.24, 2.45) is 0 Å². The van der Waals surface area contributed by atoms with Gasteiger partial charge in [-0.2, -0.15) is 0 Å². The van der Waals surface area contributed by atoms with Gasteiger partial charge < -0.3 is 19.1 Å². The van der Waals surface area contributed by atoms with Gasteiger partial charge in [-0.15, -0.1) is 0 Å². The first-order valence-corrected chi connectivity index (χ1v) is 17.9. The number of hydrogen-bond acceptors (Lipinski definition) is 6. The predicted octanol–water partition coefficient (Wildman–Crippen LogP) is 9.48. The highest BCUT2D eigenvalue weighted by atomic mass is 35.5. The molecule has 52 heavy (non-hydrogen) atoms. The molecule has 2 heterocycles. The number of pyridine rings is 1. The summed E-state index contributed by atoms with van der Waals surface area (Å²) in [4.78, 5) is 21.7. The van der Waals surface area contributed by atoms with E-state index in [1.807, 2.05) is 66.4 Å². The van der Waals surface area contributed by atoms with Crippen LogP contribution in [0.4, 0.5) is 0 Å². The maximum absolute atomic E-state index is 13.1. The van der Waals surface area contributed by atoms with Gasteiger partial charge in [0.2, 0.25) is 11.8 Å². The second-order valence-electron chi connectivity index (χ2n) is 13.1. The molecule has 0 saturated carbocycles. The Bertz CT molecular complexity index is 1960. The van der Waals surface area contributed by atoms with E-state index in [0.29, 0.717) is 48.7 Å². The highest BCUT2D eigenvalue weighted by Gasteiger charge is 2.20. The molecule has 4 aromatic carbocycles. The number of ether oxygens (including phenoxy) is 3. The molecule has 266 valence electrons. The predicted molar refractivity (Wildman–Crippen MR) is 209 cm³/mol. The van der Waals surface area contributed by atoms with Gasteiger partial charge in [-0.3, -0.25) is 9.69 Å². The standard InChI is InChI=1S/C44H44ClN3O4/c1-32-6-10-37(11-7-32)31-51-40-19-20-42(46-29-40)52-44-34(3)27-38(28-41(44)45)16-21-43(49)48-24-22-47(23-25-48)30-36-14-12-35(13-15-36)5-4-26-50-39-17-8-33(2)9-18-39/h4-21,27-29H,22-26,30-31H2,1-3H3/b5-4+,21-16+. The van der Waals surface area contributed by atoms with Crippen LogP contribution >= 0.6 is 11.6 Å². The fourth-order valence-corrected chi connectivity index (χ4v) is 6.12. The smallest absolute Gasteiger partial charge is 0.246 e. The van der Waals surface area contributed by atoms with Crippen molar-refractivity contribution in [3.8, 4) is 23.1 Å². The summed E-state index contributed by atoms with van der Waals surface area (Å²) in [5.74, 6) is 2.45. The minimum atomic E-state index is -0.00913. The average molecular weight is 714 g/mol. The fourth-order valence-electron chi connectivity index (χ4n) is 5.81. The van der Waals surface area contributed by atoms with Gasteiger partial charge in [0.15, 0.2) is 5.75 Å². The summed E-state index contributed by atoms with van der Waals surface area (Å²) in [6.07, 6.45) is 9.17. The molecule has 1 aromatic heterocycles. The first kappa shape index (κ1) is 36.4. The molecule has 0 radical (unpaired) electrons. The number of benzene rings is 4. The zero-order valence-corrected chi connectivity index (χ0v) is 30.7. The van der Waals surface area contributed by atoms with Gasteiger partial charge in [0.05, 0.1) is 11.2 Å². The van der Waals surface area contributed by atoms with E-state index in [1.165, 1.54) is 16.7 Å². The Morgan fingerprint density at radius 1 is 0.750 bits per heavy atom. The van der Waals surface area contributed by atoms with Crippen LogP contribution in [0, 0.1) is 20.8 Å². The quantitative estimate of drug-likeness (QED) is 0.113. The Morgan fingerprint density at radius 3 is 2.10 bits per heavy atom. The molecule has 1 amide bonds. The molecule has 7 nitrogen and oxygen atoms in total. The van der Waals surface area contributed by atoms with E-state index < -0.39 is 0 Å². The van der Waals surface area contributed by atoms with E-state index in [2.05, 4.69) is 66.2 Å². The minimum absolute atomic E-state index is 0.00913. The summed E-state index contributed by atoms with van der Waals surface area (Å²) in [5, 5.41) is 0.443. The molecule has 0 atom stereocenters. The number of piperazine rings is 1. The minimum Gasteiger partial charge on any atom is -0.490 e. The first-order chi connectivity index (χ1) is 25.3. The number of carbonyl (C=O) groups is 1. The number of aryl methyl sites for hydroxylation is 3. The third kappa shape index (κ3) is 10.6. The Labute approximate surface area is 311 Å². The summed E-state index contributed by atoms with van der Waals surface area (Å²) >= 11 is 6.63. The molecule has 1 aliphatic rings. The van der Waals surface area contributed by atoms with E-state index in [-0.39, 0.29) is 5.91 Å². The third-order valence-electron chi connectivity index (χ3n) is 8.86. The van der Waals surface area contributed by atoms with E-state index in [0.717, 1.165) is 47.6 Å². The number of hydrogen-bond donors (Lipinski definition) is 0. The van der Waals surface area contributed by atoms with Crippen molar-refractivity contribution in [3.05, 3.63) is 159 Å². The second kappa shape index (κ2) is 17.7. The number of rotatable bonds is 13. The number of amides is 1. The molecular formula is C44H44ClN3O4. The number of halogens is 1. The van der Waals surface area contributed by atoms with Crippen LogP contribution in [0.1, 0.15) is 38.9 Å². The van der Waals surface area contributed by atoms with Gasteiger partial charge in [-0.05, 0) is 91.1 Å². The van der Waals surface area contributed by atoms with Crippen molar-refractivity contribution in [1.82, 2.24) is 14.8 Å². The largest absolute Gasteiger partial charge is 0.490 e. The molecule has 1 aliphatic heterocycles. The molecule has 5 aromatic rings. The van der Waals surface area contributed by atoms with Crippen molar-refractivity contribution < 1.29 is 19.0 Å². The Morgan fingerprint density at radius 2 is 1.42 bits per heavy atom. The van der Waals surface area contributed by atoms with E-state index in [4.69, 9.17) is 25.8 Å². The molecule has 1 saturated heterocycles. The average Bonchev–Trinajstić information content (AvgIpc) is 3.16. The maximum atomic E-state index is 13.1. The molecule has 0 unspecified atom stereocenters. The van der Waals surface area contributed by atoms with Crippen LogP contribution in [0.25, 0.3) is 12.2 Å². The molecular weight excluding hydrogens is 670 g/mol. The Kier molecular flexibility index (Phi) is 12.4. The van der Waals surface area contributed by atoms with Crippen molar-refractivity contribution in [3.63, 3.8) is 0 Å². The highest BCUT2D eigenvalue weighted by Crippen LogP contribution is 2.34. The first-order valence-electron chi connectivity index (χ1n) is 17.5. The van der Waals surface area contributed by atoms with Crippen molar-refractivity contribution in [1.29, 1.82) is 0 Å². The molecule has 0 N–H and O–H groups in total. The lowest BCUT2D eigenvalue weighted by Crippen LogP contribution is -2.47. The van der Waals surface area contributed by atoms with Crippen LogP contribution in [-0.4, -0.2) is 53.5 Å². The van der Waals surface area contributed by atoms with Crippen LogP contribution in [0.3, 0.4) is 0 Å². The topological polar surface area (TPSA) is 64.1 Å². The number of nitrogens with zero attached hydrogens (tertiary/aromatic N) is 3. The van der Waals surface area contributed by atoms with Crippen molar-refractivity contribution in [2.45, 2.75) is 33.9 Å². The molecule has 8 heteroatoms. The van der Waals surface area contributed by atoms with E-state index in [9.17, 15) is 4.79 Å². The zero-order chi connectivity index (χ0) is 36.3. The lowest BCUT2D eigenvalue weighted by atomic mass is 10.1. The van der Waals surface area contributed by atoms with Crippen molar-refractivity contribution >= 4 is 29.7 Å². The lowest BCUT2D eigenvalue weighted by Gasteiger charge is -2.34. The van der Waals surface area contributed by atoms with Crippen LogP contribution < -0.4 is 14.2 Å². The fraction of sp³-hybridized carbons (Fsp3) is 0.227. The number of aromatic nitrogens is 1. The lowest BCUT2D eigenvalue weighted by molar-refractivity contribution is -0.127. The highest BCUT2D eigenvalue weighted by molar-refractivity contribution is 6.32. The van der Waals surface area contributed by atoms with Gasteiger partial charge in [0, 0.05) is 44.9 Å². The third-order valence-corrected chi connectivity index (χ3v) is 9.14.